The van der Waals surface area contributed by atoms with Gasteiger partial charge in [0.2, 0.25) is 0 Å². The van der Waals surface area contributed by atoms with E-state index in [0.29, 0.717) is 30.1 Å². The molecule has 4 rings (SSSR count). The second-order valence-electron chi connectivity index (χ2n) is 7.20. The van der Waals surface area contributed by atoms with E-state index in [1.165, 1.54) is 25.3 Å². The summed E-state index contributed by atoms with van der Waals surface area (Å²) >= 11 is 5.73. The third-order valence-corrected chi connectivity index (χ3v) is 5.84. The Balaban J connectivity index is 1.71. The van der Waals surface area contributed by atoms with Crippen LogP contribution in [0.5, 0.6) is 0 Å². The molecule has 1 atom stereocenters. The Bertz CT molecular complexity index is 808. The first-order valence-electron chi connectivity index (χ1n) is 9.37. The highest BCUT2D eigenvalue weighted by Gasteiger charge is 2.30. The molecule has 0 radical (unpaired) electrons. The average molecular weight is 361 g/mol. The third-order valence-electron chi connectivity index (χ3n) is 5.43. The molecule has 1 aliphatic heterocycles. The SMILES string of the molecule is CC[C@H]1CCCCN1Cn1nc(-c2ccccc2F)n(C2CC2)c1=S. The van der Waals surface area contributed by atoms with Crippen LogP contribution in [-0.2, 0) is 6.67 Å². The van der Waals surface area contributed by atoms with Gasteiger partial charge in [0.25, 0.3) is 0 Å². The van der Waals surface area contributed by atoms with Crippen LogP contribution in [0.4, 0.5) is 4.39 Å². The Kier molecular flexibility index (Phi) is 4.73. The van der Waals surface area contributed by atoms with Gasteiger partial charge >= 0.3 is 0 Å². The molecule has 0 spiro atoms. The summed E-state index contributed by atoms with van der Waals surface area (Å²) in [7, 11) is 0. The highest BCUT2D eigenvalue weighted by atomic mass is 32.1. The van der Waals surface area contributed by atoms with E-state index in [1.807, 2.05) is 10.7 Å². The van der Waals surface area contributed by atoms with E-state index in [2.05, 4.69) is 16.4 Å². The first-order valence-corrected chi connectivity index (χ1v) is 9.78. The molecule has 1 aromatic carbocycles. The van der Waals surface area contributed by atoms with Crippen LogP contribution in [0, 0.1) is 10.6 Å². The van der Waals surface area contributed by atoms with Crippen LogP contribution in [0.1, 0.15) is 51.5 Å². The molecule has 1 saturated heterocycles. The second-order valence-corrected chi connectivity index (χ2v) is 7.56. The van der Waals surface area contributed by atoms with E-state index < -0.39 is 0 Å². The van der Waals surface area contributed by atoms with Crippen molar-refractivity contribution in [1.29, 1.82) is 0 Å². The first-order chi connectivity index (χ1) is 12.2. The standard InChI is InChI=1S/C19H25FN4S/c1-2-14-7-5-6-12-22(14)13-23-19(25)24(15-10-11-15)18(21-23)16-8-3-4-9-17(16)20/h3-4,8-9,14-15H,2,5-7,10-13H2,1H3/t14-/m0/s1. The van der Waals surface area contributed by atoms with Gasteiger partial charge in [-0.3, -0.25) is 9.47 Å². The van der Waals surface area contributed by atoms with Crippen molar-refractivity contribution < 1.29 is 4.39 Å². The Labute approximate surface area is 153 Å². The summed E-state index contributed by atoms with van der Waals surface area (Å²) in [5.41, 5.74) is 0.546. The zero-order chi connectivity index (χ0) is 17.4. The predicted molar refractivity (Wildman–Crippen MR) is 99.4 cm³/mol. The summed E-state index contributed by atoms with van der Waals surface area (Å²) in [6.45, 7) is 4.04. The molecule has 2 fully saturated rings. The molecule has 1 aliphatic carbocycles. The van der Waals surface area contributed by atoms with Gasteiger partial charge in [0.15, 0.2) is 10.6 Å². The van der Waals surface area contributed by atoms with Gasteiger partial charge in [-0.15, -0.1) is 0 Å². The van der Waals surface area contributed by atoms with Crippen LogP contribution in [0.3, 0.4) is 0 Å². The molecule has 2 heterocycles. The Morgan fingerprint density at radius 1 is 1.20 bits per heavy atom. The molecule has 1 saturated carbocycles. The average Bonchev–Trinajstić information content (AvgIpc) is 3.41. The van der Waals surface area contributed by atoms with Crippen LogP contribution in [0.15, 0.2) is 24.3 Å². The van der Waals surface area contributed by atoms with E-state index in [1.54, 1.807) is 12.1 Å². The van der Waals surface area contributed by atoms with Crippen LogP contribution in [-0.4, -0.2) is 31.8 Å². The number of benzene rings is 1. The van der Waals surface area contributed by atoms with Crippen molar-refractivity contribution in [2.75, 3.05) is 6.54 Å². The van der Waals surface area contributed by atoms with Crippen molar-refractivity contribution in [3.05, 3.63) is 34.9 Å². The molecule has 0 unspecified atom stereocenters. The van der Waals surface area contributed by atoms with Gasteiger partial charge in [0.05, 0.1) is 12.2 Å². The fourth-order valence-electron chi connectivity index (χ4n) is 3.88. The molecular formula is C19H25FN4S. The van der Waals surface area contributed by atoms with Crippen molar-refractivity contribution >= 4 is 12.2 Å². The highest BCUT2D eigenvalue weighted by molar-refractivity contribution is 7.71. The zero-order valence-corrected chi connectivity index (χ0v) is 15.5. The summed E-state index contributed by atoms with van der Waals surface area (Å²) in [5.74, 6) is 0.441. The van der Waals surface area contributed by atoms with Crippen LogP contribution in [0.25, 0.3) is 11.4 Å². The van der Waals surface area contributed by atoms with Crippen molar-refractivity contribution in [1.82, 2.24) is 19.2 Å². The van der Waals surface area contributed by atoms with Crippen molar-refractivity contribution in [3.63, 3.8) is 0 Å². The maximum atomic E-state index is 14.3. The molecule has 0 bridgehead atoms. The topological polar surface area (TPSA) is 26.0 Å². The fourth-order valence-corrected chi connectivity index (χ4v) is 4.22. The zero-order valence-electron chi connectivity index (χ0n) is 14.7. The van der Waals surface area contributed by atoms with Crippen molar-refractivity contribution in [3.8, 4) is 11.4 Å². The fraction of sp³-hybridized carbons (Fsp3) is 0.579. The molecule has 4 nitrogen and oxygen atoms in total. The van der Waals surface area contributed by atoms with Crippen molar-refractivity contribution in [2.45, 2.75) is 64.2 Å². The van der Waals surface area contributed by atoms with E-state index in [4.69, 9.17) is 17.3 Å². The second kappa shape index (κ2) is 7.00. The van der Waals surface area contributed by atoms with Gasteiger partial charge in [0, 0.05) is 18.6 Å². The van der Waals surface area contributed by atoms with E-state index in [9.17, 15) is 4.39 Å². The molecule has 2 aliphatic rings. The largest absolute Gasteiger partial charge is 0.297 e. The monoisotopic (exact) mass is 360 g/mol. The summed E-state index contributed by atoms with van der Waals surface area (Å²) in [6.07, 6.45) is 7.13. The van der Waals surface area contributed by atoms with Crippen LogP contribution >= 0.6 is 12.2 Å². The van der Waals surface area contributed by atoms with E-state index in [0.717, 1.165) is 30.6 Å². The molecular weight excluding hydrogens is 335 g/mol. The minimum Gasteiger partial charge on any atom is -0.297 e. The van der Waals surface area contributed by atoms with Gasteiger partial charge in [0.1, 0.15) is 5.82 Å². The van der Waals surface area contributed by atoms with Gasteiger partial charge in [-0.05, 0) is 56.5 Å². The van der Waals surface area contributed by atoms with Gasteiger partial charge in [-0.2, -0.15) is 5.10 Å². The molecule has 25 heavy (non-hydrogen) atoms. The molecule has 0 amide bonds. The molecule has 6 heteroatoms. The number of likely N-dealkylation sites (tertiary alicyclic amines) is 1. The summed E-state index contributed by atoms with van der Waals surface area (Å²) in [5, 5.41) is 4.76. The molecule has 134 valence electrons. The lowest BCUT2D eigenvalue weighted by Gasteiger charge is -2.34. The van der Waals surface area contributed by atoms with Crippen LogP contribution < -0.4 is 0 Å². The quantitative estimate of drug-likeness (QED) is 0.718. The number of hydrogen-bond donors (Lipinski definition) is 0. The van der Waals surface area contributed by atoms with Crippen molar-refractivity contribution in [2.24, 2.45) is 0 Å². The van der Waals surface area contributed by atoms with Gasteiger partial charge in [-0.25, -0.2) is 9.07 Å². The number of nitrogens with zero attached hydrogens (tertiary/aromatic N) is 4. The summed E-state index contributed by atoms with van der Waals surface area (Å²) in [6, 6.07) is 7.83. The minimum atomic E-state index is -0.235. The Morgan fingerprint density at radius 3 is 2.72 bits per heavy atom. The summed E-state index contributed by atoms with van der Waals surface area (Å²) in [4.78, 5) is 2.48. The smallest absolute Gasteiger partial charge is 0.199 e. The third kappa shape index (κ3) is 3.29. The Hall–Kier alpha value is -1.53. The van der Waals surface area contributed by atoms with Crippen LogP contribution in [0.2, 0.25) is 0 Å². The number of hydrogen-bond acceptors (Lipinski definition) is 3. The minimum absolute atomic E-state index is 0.235. The maximum Gasteiger partial charge on any atom is 0.199 e. The predicted octanol–water partition coefficient (Wildman–Crippen LogP) is 4.78. The lowest BCUT2D eigenvalue weighted by atomic mass is 10.0. The van der Waals surface area contributed by atoms with E-state index in [-0.39, 0.29) is 5.82 Å². The summed E-state index contributed by atoms with van der Waals surface area (Å²) < 4.78 is 19.0. The first kappa shape index (κ1) is 16.9. The van der Waals surface area contributed by atoms with Gasteiger partial charge in [-0.1, -0.05) is 25.5 Å². The van der Waals surface area contributed by atoms with E-state index >= 15 is 0 Å². The molecule has 0 N–H and O–H groups in total. The Morgan fingerprint density at radius 2 is 2.00 bits per heavy atom. The molecule has 2 aromatic rings. The lowest BCUT2D eigenvalue weighted by Crippen LogP contribution is -2.40. The highest BCUT2D eigenvalue weighted by Crippen LogP contribution is 2.39. The lowest BCUT2D eigenvalue weighted by molar-refractivity contribution is 0.100. The maximum absolute atomic E-state index is 14.3. The number of aromatic nitrogens is 3. The van der Waals surface area contributed by atoms with Gasteiger partial charge < -0.3 is 0 Å². The number of rotatable bonds is 5. The normalized spacial score (nSPS) is 21.6. The number of halogens is 1. The number of piperidine rings is 1. The molecule has 1 aromatic heterocycles.